The molecule has 0 spiro atoms. The van der Waals surface area contributed by atoms with E-state index in [4.69, 9.17) is 34.8 Å². The van der Waals surface area contributed by atoms with Crippen LogP contribution >= 0.6 is 45.7 Å². The van der Waals surface area contributed by atoms with Crippen LogP contribution < -0.4 is 0 Å². The van der Waals surface area contributed by atoms with Crippen LogP contribution in [0.4, 0.5) is 5.69 Å². The third-order valence-corrected chi connectivity index (χ3v) is 4.87. The van der Waals surface area contributed by atoms with Crippen molar-refractivity contribution in [2.75, 3.05) is 0 Å². The second-order valence-corrected chi connectivity index (χ2v) is 6.62. The molecule has 18 heavy (non-hydrogen) atoms. The van der Waals surface area contributed by atoms with Gasteiger partial charge in [-0.25, -0.2) is 15.0 Å². The molecular weight excluding hydrogens is 313 g/mol. The maximum Gasteiger partial charge on any atom is 0.179 e. The molecule has 1 aromatic heterocycles. The maximum atomic E-state index is 5.93. The molecule has 0 N–H and O–H groups in total. The molecule has 0 fully saturated rings. The molecule has 0 radical (unpaired) electrons. The van der Waals surface area contributed by atoms with Crippen LogP contribution in [-0.4, -0.2) is 15.5 Å². The molecule has 3 rings (SSSR count). The fourth-order valence-corrected chi connectivity index (χ4v) is 4.06. The topological polar surface area (TPSA) is 38.1 Å². The molecule has 3 nitrogen and oxygen atoms in total. The molecule has 92 valence electrons. The highest BCUT2D eigenvalue weighted by Crippen LogP contribution is 2.50. The van der Waals surface area contributed by atoms with Crippen molar-refractivity contribution >= 4 is 56.9 Å². The van der Waals surface area contributed by atoms with Gasteiger partial charge >= 0.3 is 0 Å². The highest BCUT2D eigenvalue weighted by molar-refractivity contribution is 8.28. The number of fused-ring (bicyclic) bond motifs is 1. The van der Waals surface area contributed by atoms with Crippen molar-refractivity contribution in [1.82, 2.24) is 9.97 Å². The summed E-state index contributed by atoms with van der Waals surface area (Å²) in [6.07, 6.45) is 0. The third-order valence-electron chi connectivity index (χ3n) is 2.38. The van der Waals surface area contributed by atoms with Gasteiger partial charge < -0.3 is 0 Å². The summed E-state index contributed by atoms with van der Waals surface area (Å²) in [6, 6.07) is 7.10. The van der Waals surface area contributed by atoms with Crippen LogP contribution in [0.25, 0.3) is 0 Å². The minimum Gasteiger partial charge on any atom is -0.250 e. The van der Waals surface area contributed by atoms with E-state index in [0.29, 0.717) is 20.5 Å². The van der Waals surface area contributed by atoms with Gasteiger partial charge in [-0.05, 0) is 18.2 Å². The van der Waals surface area contributed by atoms with E-state index in [1.165, 1.54) is 6.07 Å². The van der Waals surface area contributed by atoms with Gasteiger partial charge in [0.25, 0.3) is 0 Å². The first kappa shape index (κ1) is 12.2. The van der Waals surface area contributed by atoms with E-state index >= 15 is 0 Å². The number of nitrogens with zero attached hydrogens (tertiary/aromatic N) is 3. The van der Waals surface area contributed by atoms with Crippen molar-refractivity contribution in [2.45, 2.75) is 10.1 Å². The largest absolute Gasteiger partial charge is 0.250 e. The smallest absolute Gasteiger partial charge is 0.179 e. The Morgan fingerprint density at radius 3 is 2.39 bits per heavy atom. The maximum absolute atomic E-state index is 5.93. The molecule has 0 bridgehead atoms. The van der Waals surface area contributed by atoms with Crippen molar-refractivity contribution in [3.8, 4) is 0 Å². The lowest BCUT2D eigenvalue weighted by Gasteiger charge is -2.12. The number of thiol groups is 1. The first-order valence-corrected chi connectivity index (χ1v) is 7.51. The molecule has 1 unspecified atom stereocenters. The third kappa shape index (κ3) is 2.21. The van der Waals surface area contributed by atoms with Crippen LogP contribution in [0, 0.1) is 0 Å². The summed E-state index contributed by atoms with van der Waals surface area (Å²) in [5.41, 5.74) is 2.69. The number of aromatic nitrogens is 2. The van der Waals surface area contributed by atoms with E-state index in [1.807, 2.05) is 23.7 Å². The molecule has 0 saturated carbocycles. The predicted octanol–water partition coefficient (Wildman–Crippen LogP) is 4.53. The summed E-state index contributed by atoms with van der Waals surface area (Å²) in [5.74, 6) is 0. The monoisotopic (exact) mass is 317 g/mol. The Hall–Kier alpha value is -0.810. The Balaban J connectivity index is 2.09. The summed E-state index contributed by atoms with van der Waals surface area (Å²) in [6.45, 7) is 0. The summed E-state index contributed by atoms with van der Waals surface area (Å²) >= 11 is 17.7. The molecule has 1 atom stereocenters. The van der Waals surface area contributed by atoms with Crippen LogP contribution in [0.5, 0.6) is 0 Å². The van der Waals surface area contributed by atoms with Crippen LogP contribution in [0.1, 0.15) is 0 Å². The lowest BCUT2D eigenvalue weighted by Crippen LogP contribution is -1.93. The normalized spacial score (nSPS) is 18.9. The van der Waals surface area contributed by atoms with Gasteiger partial charge in [0.2, 0.25) is 0 Å². The summed E-state index contributed by atoms with van der Waals surface area (Å²) < 4.78 is 0. The highest BCUT2D eigenvalue weighted by atomic mass is 35.5. The molecule has 1 aromatic carbocycles. The van der Waals surface area contributed by atoms with Crippen LogP contribution in [0.3, 0.4) is 0 Å². The lowest BCUT2D eigenvalue weighted by molar-refractivity contribution is 0.966. The molecule has 1 aliphatic heterocycles. The van der Waals surface area contributed by atoms with Gasteiger partial charge in [0.05, 0.1) is 11.2 Å². The number of hydrogen-bond acceptors (Lipinski definition) is 3. The Bertz CT molecular complexity index is 640. The molecular formula is C11H6Cl3N3S. The second kappa shape index (κ2) is 4.70. The van der Waals surface area contributed by atoms with Crippen molar-refractivity contribution in [2.24, 2.45) is 4.99 Å². The van der Waals surface area contributed by atoms with Crippen molar-refractivity contribution in [1.29, 1.82) is 0 Å². The van der Waals surface area contributed by atoms with Gasteiger partial charge in [-0.15, -0.1) is 10.9 Å². The zero-order chi connectivity index (χ0) is 12.7. The van der Waals surface area contributed by atoms with Crippen molar-refractivity contribution < 1.29 is 0 Å². The average molecular weight is 319 g/mol. The Labute approximate surface area is 121 Å². The van der Waals surface area contributed by atoms with Gasteiger partial charge in [0.15, 0.2) is 5.16 Å². The zero-order valence-electron chi connectivity index (χ0n) is 8.81. The minimum absolute atomic E-state index is 0.336. The number of halogens is 3. The van der Waals surface area contributed by atoms with Crippen molar-refractivity contribution in [3.63, 3.8) is 0 Å². The summed E-state index contributed by atoms with van der Waals surface area (Å²) in [4.78, 5) is 13.8. The number of hydrogen-bond donors (Lipinski definition) is 1. The van der Waals surface area contributed by atoms with Crippen LogP contribution in [0.15, 0.2) is 39.3 Å². The fourth-order valence-electron chi connectivity index (χ4n) is 1.63. The van der Waals surface area contributed by atoms with E-state index in [2.05, 4.69) is 15.0 Å². The van der Waals surface area contributed by atoms with Crippen LogP contribution in [0.2, 0.25) is 15.3 Å². The molecule has 0 saturated heterocycles. The summed E-state index contributed by atoms with van der Waals surface area (Å²) in [5, 5.41) is 1.94. The molecule has 1 aliphatic rings. The number of benzene rings is 1. The number of rotatable bonds is 1. The van der Waals surface area contributed by atoms with E-state index < -0.39 is 10.9 Å². The standard InChI is InChI=1S/C11H6Cl3N3S/c12-6-1-2-8-7(3-6)15-5-18(8)11-16-9(13)4-10(14)17-11/h1-5,18H. The molecule has 0 aliphatic carbocycles. The zero-order valence-corrected chi connectivity index (χ0v) is 12.0. The summed E-state index contributed by atoms with van der Waals surface area (Å²) in [7, 11) is -0.842. The quantitative estimate of drug-likeness (QED) is 0.476. The minimum atomic E-state index is -0.842. The number of aliphatic imine (C=N–C) groups is 1. The van der Waals surface area contributed by atoms with Gasteiger partial charge in [-0.3, -0.25) is 0 Å². The Morgan fingerprint density at radius 2 is 1.67 bits per heavy atom. The first-order chi connectivity index (χ1) is 8.63. The SMILES string of the molecule is Clc1ccc2c(c1)N=C[SH]2c1nc(Cl)cc(Cl)n1. The van der Waals surface area contributed by atoms with Gasteiger partial charge in [-0.2, -0.15) is 0 Å². The second-order valence-electron chi connectivity index (χ2n) is 3.56. The molecule has 0 amide bonds. The van der Waals surface area contributed by atoms with E-state index in [-0.39, 0.29) is 0 Å². The highest BCUT2D eigenvalue weighted by Gasteiger charge is 2.20. The first-order valence-electron chi connectivity index (χ1n) is 4.96. The van der Waals surface area contributed by atoms with Gasteiger partial charge in [-0.1, -0.05) is 34.8 Å². The van der Waals surface area contributed by atoms with E-state index in [1.54, 1.807) is 0 Å². The Kier molecular flexibility index (Phi) is 3.20. The fraction of sp³-hybridized carbons (Fsp3) is 0. The molecule has 7 heteroatoms. The van der Waals surface area contributed by atoms with Crippen LogP contribution in [-0.2, 0) is 0 Å². The molecule has 2 aromatic rings. The van der Waals surface area contributed by atoms with Crippen molar-refractivity contribution in [3.05, 3.63) is 39.6 Å². The Morgan fingerprint density at radius 1 is 0.944 bits per heavy atom. The predicted molar refractivity (Wildman–Crippen MR) is 77.2 cm³/mol. The lowest BCUT2D eigenvalue weighted by atomic mass is 10.3. The van der Waals surface area contributed by atoms with Gasteiger partial charge in [0, 0.05) is 16.0 Å². The average Bonchev–Trinajstić information content (AvgIpc) is 2.70. The van der Waals surface area contributed by atoms with Gasteiger partial charge in [0.1, 0.15) is 10.3 Å². The van der Waals surface area contributed by atoms with E-state index in [0.717, 1.165) is 10.6 Å². The van der Waals surface area contributed by atoms with E-state index in [9.17, 15) is 0 Å². The molecule has 2 heterocycles.